The van der Waals surface area contributed by atoms with Crippen molar-refractivity contribution >= 4 is 17.9 Å². The fraction of sp³-hybridized carbons (Fsp3) is 0.533. The van der Waals surface area contributed by atoms with Crippen LogP contribution in [0.5, 0.6) is 0 Å². The minimum Gasteiger partial charge on any atom is -0.463 e. The molecule has 0 spiro atoms. The zero-order valence-corrected chi connectivity index (χ0v) is 14.6. The number of halogens is 1. The van der Waals surface area contributed by atoms with Crippen molar-refractivity contribution in [3.8, 4) is 0 Å². The normalized spacial score (nSPS) is 24.3. The summed E-state index contributed by atoms with van der Waals surface area (Å²) in [5.74, 6) is -3.49. The monoisotopic (exact) mass is 388 g/mol. The van der Waals surface area contributed by atoms with E-state index < -0.39 is 59.5 Å². The molecular formula is C15H17FN2O9. The maximum atomic E-state index is 13.6. The van der Waals surface area contributed by atoms with Crippen LogP contribution in [0, 0.1) is 5.82 Å². The van der Waals surface area contributed by atoms with Crippen LogP contribution in [0.3, 0.4) is 0 Å². The zero-order chi connectivity index (χ0) is 20.3. The lowest BCUT2D eigenvalue weighted by Gasteiger charge is -2.23. The average Bonchev–Trinajstić information content (AvgIpc) is 2.85. The third-order valence-electron chi connectivity index (χ3n) is 3.54. The van der Waals surface area contributed by atoms with Crippen molar-refractivity contribution in [2.75, 3.05) is 6.61 Å². The van der Waals surface area contributed by atoms with E-state index in [9.17, 15) is 28.4 Å². The van der Waals surface area contributed by atoms with Gasteiger partial charge >= 0.3 is 23.6 Å². The lowest BCUT2D eigenvalue weighted by molar-refractivity contribution is -0.166. The van der Waals surface area contributed by atoms with Crippen molar-refractivity contribution in [1.82, 2.24) is 9.55 Å². The molecule has 0 amide bonds. The summed E-state index contributed by atoms with van der Waals surface area (Å²) in [6, 6.07) is 0. The van der Waals surface area contributed by atoms with E-state index in [4.69, 9.17) is 18.9 Å². The van der Waals surface area contributed by atoms with Gasteiger partial charge in [0.1, 0.15) is 12.7 Å². The van der Waals surface area contributed by atoms with Gasteiger partial charge in [-0.3, -0.25) is 28.7 Å². The summed E-state index contributed by atoms with van der Waals surface area (Å²) in [5.41, 5.74) is -2.29. The molecule has 0 aliphatic carbocycles. The van der Waals surface area contributed by atoms with E-state index in [1.165, 1.54) is 0 Å². The first-order valence-corrected chi connectivity index (χ1v) is 7.74. The van der Waals surface area contributed by atoms with Crippen LogP contribution in [0.1, 0.15) is 27.0 Å². The number of rotatable bonds is 5. The molecule has 148 valence electrons. The van der Waals surface area contributed by atoms with Gasteiger partial charge in [-0.15, -0.1) is 0 Å². The minimum atomic E-state index is -1.45. The summed E-state index contributed by atoms with van der Waals surface area (Å²) in [7, 11) is 0. The second kappa shape index (κ2) is 8.12. The first-order chi connectivity index (χ1) is 12.6. The molecule has 4 atom stereocenters. The van der Waals surface area contributed by atoms with Crippen molar-refractivity contribution in [1.29, 1.82) is 0 Å². The molecule has 1 saturated heterocycles. The Morgan fingerprint density at radius 2 is 1.70 bits per heavy atom. The lowest BCUT2D eigenvalue weighted by atomic mass is 10.1. The van der Waals surface area contributed by atoms with Gasteiger partial charge in [-0.1, -0.05) is 0 Å². The van der Waals surface area contributed by atoms with Crippen LogP contribution in [0.4, 0.5) is 4.39 Å². The van der Waals surface area contributed by atoms with E-state index in [-0.39, 0.29) is 6.61 Å². The number of nitrogens with one attached hydrogen (secondary N) is 1. The molecule has 2 heterocycles. The number of aromatic amines is 1. The van der Waals surface area contributed by atoms with E-state index in [1.807, 2.05) is 0 Å². The molecule has 0 saturated carbocycles. The third kappa shape index (κ3) is 4.78. The van der Waals surface area contributed by atoms with Crippen molar-refractivity contribution in [3.05, 3.63) is 32.9 Å². The smallest absolute Gasteiger partial charge is 0.330 e. The number of aromatic nitrogens is 2. The molecule has 2 rings (SSSR count). The van der Waals surface area contributed by atoms with Gasteiger partial charge in [0.2, 0.25) is 5.82 Å². The largest absolute Gasteiger partial charge is 0.463 e. The van der Waals surface area contributed by atoms with Gasteiger partial charge in [-0.25, -0.2) is 4.79 Å². The molecule has 12 heteroatoms. The second-order valence-electron chi connectivity index (χ2n) is 5.66. The molecule has 0 bridgehead atoms. The van der Waals surface area contributed by atoms with Crippen LogP contribution in [-0.2, 0) is 33.3 Å². The number of H-pyrrole nitrogens is 1. The van der Waals surface area contributed by atoms with E-state index in [0.717, 1.165) is 20.8 Å². The fourth-order valence-corrected chi connectivity index (χ4v) is 2.57. The van der Waals surface area contributed by atoms with Crippen molar-refractivity contribution in [2.45, 2.75) is 45.3 Å². The maximum absolute atomic E-state index is 13.6. The Labute approximate surface area is 151 Å². The van der Waals surface area contributed by atoms with Gasteiger partial charge < -0.3 is 18.9 Å². The highest BCUT2D eigenvalue weighted by Crippen LogP contribution is 2.33. The maximum Gasteiger partial charge on any atom is 0.330 e. The molecule has 27 heavy (non-hydrogen) atoms. The van der Waals surface area contributed by atoms with E-state index >= 15 is 0 Å². The first-order valence-electron chi connectivity index (χ1n) is 7.74. The lowest BCUT2D eigenvalue weighted by Crippen LogP contribution is -2.42. The molecule has 1 aromatic rings. The quantitative estimate of drug-likeness (QED) is 0.496. The standard InChI is InChI=1S/C15H17FN2O9/c1-6(19)24-5-10-11(25-7(2)20)12(26-8(3)21)14(27-10)18-4-9(16)13(22)17-15(18)23/h4,10-12,14H,5H2,1-3H3,(H,17,22,23)/t10-,11+,12+,14-/m1/s1. The highest BCUT2D eigenvalue weighted by Gasteiger charge is 2.51. The van der Waals surface area contributed by atoms with Gasteiger partial charge in [0.15, 0.2) is 18.4 Å². The average molecular weight is 388 g/mol. The number of nitrogens with zero attached hydrogens (tertiary/aromatic N) is 1. The van der Waals surface area contributed by atoms with Crippen molar-refractivity contribution in [2.24, 2.45) is 0 Å². The van der Waals surface area contributed by atoms with Gasteiger partial charge in [-0.2, -0.15) is 4.39 Å². The van der Waals surface area contributed by atoms with Gasteiger partial charge in [0.05, 0.1) is 6.20 Å². The molecule has 1 fully saturated rings. The van der Waals surface area contributed by atoms with E-state index in [1.54, 1.807) is 4.98 Å². The Kier molecular flexibility index (Phi) is 6.10. The molecular weight excluding hydrogens is 371 g/mol. The zero-order valence-electron chi connectivity index (χ0n) is 14.6. The number of esters is 3. The SMILES string of the molecule is CC(=O)OC[C@H]1O[C@@H](n2cc(F)c(=O)[nH]c2=O)[C@@H](OC(C)=O)[C@H]1OC(C)=O. The Hall–Kier alpha value is -3.02. The topological polar surface area (TPSA) is 143 Å². The van der Waals surface area contributed by atoms with E-state index in [0.29, 0.717) is 10.8 Å². The summed E-state index contributed by atoms with van der Waals surface area (Å²) >= 11 is 0. The molecule has 0 radical (unpaired) electrons. The Morgan fingerprint density at radius 1 is 1.11 bits per heavy atom. The predicted molar refractivity (Wildman–Crippen MR) is 82.9 cm³/mol. The number of carbonyl (C=O) groups excluding carboxylic acids is 3. The van der Waals surface area contributed by atoms with Crippen molar-refractivity contribution in [3.63, 3.8) is 0 Å². The van der Waals surface area contributed by atoms with Gasteiger partial charge in [0, 0.05) is 20.8 Å². The molecule has 1 aliphatic rings. The van der Waals surface area contributed by atoms with Crippen LogP contribution in [-0.4, -0.2) is 52.4 Å². The molecule has 1 aromatic heterocycles. The number of carbonyl (C=O) groups is 3. The van der Waals surface area contributed by atoms with Crippen molar-refractivity contribution < 1.29 is 37.7 Å². The summed E-state index contributed by atoms with van der Waals surface area (Å²) in [5, 5.41) is 0. The number of hydrogen-bond acceptors (Lipinski definition) is 9. The Balaban J connectivity index is 2.47. The highest BCUT2D eigenvalue weighted by molar-refractivity contribution is 5.67. The molecule has 11 nitrogen and oxygen atoms in total. The summed E-state index contributed by atoms with van der Waals surface area (Å²) < 4.78 is 34.9. The second-order valence-corrected chi connectivity index (χ2v) is 5.66. The Morgan fingerprint density at radius 3 is 2.26 bits per heavy atom. The summed E-state index contributed by atoms with van der Waals surface area (Å²) in [6.45, 7) is 2.91. The predicted octanol–water partition coefficient (Wildman–Crippen LogP) is -1.00. The summed E-state index contributed by atoms with van der Waals surface area (Å²) in [4.78, 5) is 58.9. The molecule has 0 unspecified atom stereocenters. The van der Waals surface area contributed by atoms with Gasteiger partial charge in [0.25, 0.3) is 5.56 Å². The fourth-order valence-electron chi connectivity index (χ4n) is 2.57. The third-order valence-corrected chi connectivity index (χ3v) is 3.54. The highest BCUT2D eigenvalue weighted by atomic mass is 19.1. The molecule has 0 aromatic carbocycles. The van der Waals surface area contributed by atoms with Crippen LogP contribution in [0.2, 0.25) is 0 Å². The number of ether oxygens (including phenoxy) is 4. The Bertz CT molecular complexity index is 862. The molecule has 1 N–H and O–H groups in total. The van der Waals surface area contributed by atoms with Crippen LogP contribution in [0.15, 0.2) is 15.8 Å². The van der Waals surface area contributed by atoms with Crippen LogP contribution in [0.25, 0.3) is 0 Å². The molecule has 1 aliphatic heterocycles. The van der Waals surface area contributed by atoms with Crippen LogP contribution < -0.4 is 11.2 Å². The summed E-state index contributed by atoms with van der Waals surface area (Å²) in [6.07, 6.45) is -4.61. The minimum absolute atomic E-state index is 0.387. The van der Waals surface area contributed by atoms with Crippen LogP contribution >= 0.6 is 0 Å². The van der Waals surface area contributed by atoms with Gasteiger partial charge in [-0.05, 0) is 0 Å². The van der Waals surface area contributed by atoms with E-state index in [2.05, 4.69) is 0 Å². The first kappa shape index (κ1) is 20.3. The number of hydrogen-bond donors (Lipinski definition) is 1.